The van der Waals surface area contributed by atoms with Crippen LogP contribution in [-0.2, 0) is 11.2 Å². The zero-order valence-electron chi connectivity index (χ0n) is 15.9. The van der Waals surface area contributed by atoms with Gasteiger partial charge in [0, 0.05) is 17.8 Å². The van der Waals surface area contributed by atoms with Gasteiger partial charge in [-0.05, 0) is 50.1 Å². The van der Waals surface area contributed by atoms with Crippen LogP contribution in [0.15, 0.2) is 36.7 Å². The summed E-state index contributed by atoms with van der Waals surface area (Å²) in [7, 11) is 0. The van der Waals surface area contributed by atoms with Crippen LogP contribution in [0.1, 0.15) is 23.4 Å². The van der Waals surface area contributed by atoms with Crippen molar-refractivity contribution < 1.29 is 9.53 Å². The highest BCUT2D eigenvalue weighted by Crippen LogP contribution is 2.26. The molecule has 0 saturated heterocycles. The molecular weight excluding hydrogens is 356 g/mol. The van der Waals surface area contributed by atoms with Crippen LogP contribution in [0, 0.1) is 13.8 Å². The molecule has 0 unspecified atom stereocenters. The smallest absolute Gasteiger partial charge is 0.224 e. The lowest BCUT2D eigenvalue weighted by atomic mass is 10.0. The number of hydrogen-bond acceptors (Lipinski definition) is 6. The molecule has 2 aromatic heterocycles. The number of aromatic nitrogens is 4. The summed E-state index contributed by atoms with van der Waals surface area (Å²) < 4.78 is 7.59. The molecule has 0 fully saturated rings. The highest BCUT2D eigenvalue weighted by Gasteiger charge is 2.15. The number of amides is 1. The van der Waals surface area contributed by atoms with Crippen molar-refractivity contribution in [2.24, 2.45) is 0 Å². The number of rotatable bonds is 6. The van der Waals surface area contributed by atoms with Gasteiger partial charge in [0.15, 0.2) is 5.82 Å². The molecule has 144 valence electrons. The summed E-state index contributed by atoms with van der Waals surface area (Å²) in [5.41, 5.74) is 3.93. The highest BCUT2D eigenvalue weighted by molar-refractivity contribution is 5.93. The average Bonchev–Trinajstić information content (AvgIpc) is 3.03. The van der Waals surface area contributed by atoms with Gasteiger partial charge in [-0.15, -0.1) is 0 Å². The lowest BCUT2D eigenvalue weighted by Gasteiger charge is -2.17. The Morgan fingerprint density at radius 1 is 1.21 bits per heavy atom. The number of ether oxygens (including phenoxy) is 1. The Balaban J connectivity index is 1.33. The van der Waals surface area contributed by atoms with E-state index in [0.717, 1.165) is 34.8 Å². The van der Waals surface area contributed by atoms with Gasteiger partial charge in [-0.3, -0.25) is 9.78 Å². The highest BCUT2D eigenvalue weighted by atomic mass is 16.5. The Hall–Kier alpha value is -3.42. The van der Waals surface area contributed by atoms with Crippen LogP contribution in [0.2, 0.25) is 0 Å². The monoisotopic (exact) mass is 378 g/mol. The molecule has 0 saturated carbocycles. The topological polar surface area (TPSA) is 94.0 Å². The molecule has 4 rings (SSSR count). The van der Waals surface area contributed by atoms with Crippen LogP contribution in [0.25, 0.3) is 5.82 Å². The first-order valence-corrected chi connectivity index (χ1v) is 9.23. The van der Waals surface area contributed by atoms with Crippen molar-refractivity contribution in [2.45, 2.75) is 26.7 Å². The zero-order valence-corrected chi connectivity index (χ0v) is 15.9. The van der Waals surface area contributed by atoms with Gasteiger partial charge in [-0.2, -0.15) is 5.10 Å². The molecule has 3 heterocycles. The van der Waals surface area contributed by atoms with E-state index in [1.807, 2.05) is 38.1 Å². The zero-order chi connectivity index (χ0) is 19.5. The van der Waals surface area contributed by atoms with E-state index in [4.69, 9.17) is 4.74 Å². The third-order valence-corrected chi connectivity index (χ3v) is 4.50. The fraction of sp³-hybridized carbons (Fsp3) is 0.300. The van der Waals surface area contributed by atoms with Crippen molar-refractivity contribution in [3.05, 3.63) is 53.6 Å². The van der Waals surface area contributed by atoms with Crippen LogP contribution in [0.3, 0.4) is 0 Å². The fourth-order valence-electron chi connectivity index (χ4n) is 3.20. The molecule has 0 atom stereocenters. The van der Waals surface area contributed by atoms with Crippen molar-refractivity contribution in [3.8, 4) is 11.6 Å². The van der Waals surface area contributed by atoms with Gasteiger partial charge in [-0.1, -0.05) is 0 Å². The summed E-state index contributed by atoms with van der Waals surface area (Å²) in [6.07, 6.45) is 4.62. The summed E-state index contributed by atoms with van der Waals surface area (Å²) >= 11 is 0. The minimum absolute atomic E-state index is 0.0641. The third-order valence-electron chi connectivity index (χ3n) is 4.50. The number of nitrogens with one attached hydrogen (secondary N) is 2. The largest absolute Gasteiger partial charge is 0.492 e. The fourth-order valence-corrected chi connectivity index (χ4v) is 3.20. The maximum Gasteiger partial charge on any atom is 0.224 e. The maximum absolute atomic E-state index is 11.4. The van der Waals surface area contributed by atoms with Gasteiger partial charge in [0.25, 0.3) is 0 Å². The third kappa shape index (κ3) is 3.95. The molecule has 8 nitrogen and oxygen atoms in total. The minimum atomic E-state index is 0.0641. The summed E-state index contributed by atoms with van der Waals surface area (Å²) in [6, 6.07) is 7.74. The average molecular weight is 378 g/mol. The van der Waals surface area contributed by atoms with E-state index in [1.165, 1.54) is 0 Å². The molecule has 2 N–H and O–H groups in total. The molecular formula is C20H22N6O2. The first-order chi connectivity index (χ1) is 13.6. The molecule has 8 heteroatoms. The van der Waals surface area contributed by atoms with E-state index in [2.05, 4.69) is 25.7 Å². The van der Waals surface area contributed by atoms with E-state index in [9.17, 15) is 4.79 Å². The minimum Gasteiger partial charge on any atom is -0.492 e. The second-order valence-electron chi connectivity index (χ2n) is 6.74. The van der Waals surface area contributed by atoms with Crippen LogP contribution >= 0.6 is 0 Å². The van der Waals surface area contributed by atoms with Gasteiger partial charge in [-0.25, -0.2) is 9.67 Å². The molecule has 1 amide bonds. The normalized spacial score (nSPS) is 13.0. The molecule has 1 aliphatic rings. The van der Waals surface area contributed by atoms with Crippen molar-refractivity contribution in [2.75, 3.05) is 23.8 Å². The van der Waals surface area contributed by atoms with Gasteiger partial charge in [0.1, 0.15) is 18.2 Å². The first-order valence-electron chi connectivity index (χ1n) is 9.23. The number of carbonyl (C=O) groups excluding carboxylic acids is 1. The van der Waals surface area contributed by atoms with E-state index in [1.54, 1.807) is 17.1 Å². The molecule has 0 radical (unpaired) electrons. The summed E-state index contributed by atoms with van der Waals surface area (Å²) in [4.78, 5) is 20.2. The van der Waals surface area contributed by atoms with Crippen molar-refractivity contribution in [1.29, 1.82) is 0 Å². The predicted molar refractivity (Wildman–Crippen MR) is 106 cm³/mol. The quantitative estimate of drug-likeness (QED) is 0.641. The number of benzene rings is 1. The van der Waals surface area contributed by atoms with E-state index in [0.29, 0.717) is 31.2 Å². The van der Waals surface area contributed by atoms with Gasteiger partial charge >= 0.3 is 0 Å². The molecule has 28 heavy (non-hydrogen) atoms. The second kappa shape index (κ2) is 7.67. The Kier molecular flexibility index (Phi) is 4.92. The molecule has 3 aromatic rings. The summed E-state index contributed by atoms with van der Waals surface area (Å²) in [5, 5.41) is 10.5. The summed E-state index contributed by atoms with van der Waals surface area (Å²) in [5.74, 6) is 2.20. The number of fused-ring (bicyclic) bond motifs is 1. The van der Waals surface area contributed by atoms with Crippen molar-refractivity contribution >= 4 is 17.4 Å². The lowest BCUT2D eigenvalue weighted by molar-refractivity contribution is -0.116. The Bertz CT molecular complexity index is 1010. The molecule has 1 aromatic carbocycles. The number of hydrogen-bond donors (Lipinski definition) is 2. The standard InChI is InChI=1S/C20H22N6O2/c1-13-9-14(2)26(25-13)19-12-21-11-18(24-19)22-7-8-28-16-4-5-17-15(10-16)3-6-20(27)23-17/h4-5,9-12H,3,6-8H2,1-2H3,(H,22,24)(H,23,27). The summed E-state index contributed by atoms with van der Waals surface area (Å²) in [6.45, 7) is 5.00. The Labute approximate surface area is 163 Å². The number of anilines is 2. The number of nitrogens with zero attached hydrogens (tertiary/aromatic N) is 4. The van der Waals surface area contributed by atoms with Crippen LogP contribution < -0.4 is 15.4 Å². The van der Waals surface area contributed by atoms with E-state index < -0.39 is 0 Å². The number of carbonyl (C=O) groups is 1. The maximum atomic E-state index is 11.4. The van der Waals surface area contributed by atoms with Gasteiger partial charge < -0.3 is 15.4 Å². The van der Waals surface area contributed by atoms with Gasteiger partial charge in [0.05, 0.1) is 24.6 Å². The van der Waals surface area contributed by atoms with Crippen molar-refractivity contribution in [3.63, 3.8) is 0 Å². The number of aryl methyl sites for hydroxylation is 3. The SMILES string of the molecule is Cc1cc(C)n(-c2cncc(NCCOc3ccc4c(c3)CCC(=O)N4)n2)n1. The van der Waals surface area contributed by atoms with Crippen LogP contribution in [0.4, 0.5) is 11.5 Å². The Morgan fingerprint density at radius 3 is 2.93 bits per heavy atom. The first kappa shape index (κ1) is 18.0. The molecule has 0 bridgehead atoms. The second-order valence-corrected chi connectivity index (χ2v) is 6.74. The van der Waals surface area contributed by atoms with Crippen LogP contribution in [0.5, 0.6) is 5.75 Å². The van der Waals surface area contributed by atoms with Crippen LogP contribution in [-0.4, -0.2) is 38.8 Å². The predicted octanol–water partition coefficient (Wildman–Crippen LogP) is 2.65. The van der Waals surface area contributed by atoms with Gasteiger partial charge in [0.2, 0.25) is 5.91 Å². The van der Waals surface area contributed by atoms with Crippen molar-refractivity contribution in [1.82, 2.24) is 19.7 Å². The van der Waals surface area contributed by atoms with E-state index in [-0.39, 0.29) is 5.91 Å². The van der Waals surface area contributed by atoms with E-state index >= 15 is 0 Å². The molecule has 0 aliphatic carbocycles. The molecule has 0 spiro atoms. The Morgan fingerprint density at radius 2 is 2.11 bits per heavy atom. The lowest BCUT2D eigenvalue weighted by Crippen LogP contribution is -2.19. The molecule has 1 aliphatic heterocycles.